The number of aliphatic imine (C=N–C) groups is 2. The summed E-state index contributed by atoms with van der Waals surface area (Å²) in [5.74, 6) is 1.15. The molecular formula is C38H45N9. The van der Waals surface area contributed by atoms with Crippen LogP contribution in [0.5, 0.6) is 0 Å². The molecule has 0 aliphatic carbocycles. The number of benzene rings is 4. The standard InChI is InChI=1S/C38H45N9/c39-37(41-33-19-23-46(24-20-33)27-29-7-3-1-4-8-29)31-11-15-35(16-12-31)43-45-44-36-17-13-32(14-18-36)38(40)42-34-21-25-47(26-22-34)28-30-9-5-2-6-10-30/h1-18,33-34H,19-28H2,(H2,39,41)(H2,40,42)(H,43,44). The molecule has 0 bridgehead atoms. The van der Waals surface area contributed by atoms with Crippen molar-refractivity contribution in [1.82, 2.24) is 9.80 Å². The summed E-state index contributed by atoms with van der Waals surface area (Å²) >= 11 is 0. The molecule has 2 aliphatic rings. The lowest BCUT2D eigenvalue weighted by molar-refractivity contribution is 0.206. The maximum absolute atomic E-state index is 6.38. The fourth-order valence-corrected chi connectivity index (χ4v) is 6.19. The summed E-state index contributed by atoms with van der Waals surface area (Å²) in [6.07, 6.45) is 4.06. The van der Waals surface area contributed by atoms with Gasteiger partial charge >= 0.3 is 0 Å². The van der Waals surface area contributed by atoms with Crippen LogP contribution >= 0.6 is 0 Å². The van der Waals surface area contributed by atoms with Crippen molar-refractivity contribution >= 4 is 23.0 Å². The summed E-state index contributed by atoms with van der Waals surface area (Å²) in [6, 6.07) is 37.3. The van der Waals surface area contributed by atoms with Gasteiger partial charge in [0.2, 0.25) is 0 Å². The molecule has 0 aromatic heterocycles. The topological polar surface area (TPSA) is 120 Å². The summed E-state index contributed by atoms with van der Waals surface area (Å²) in [5.41, 5.74) is 21.8. The molecule has 9 nitrogen and oxygen atoms in total. The van der Waals surface area contributed by atoms with E-state index in [9.17, 15) is 0 Å². The quantitative estimate of drug-likeness (QED) is 0.0755. The second kappa shape index (κ2) is 16.1. The van der Waals surface area contributed by atoms with Crippen LogP contribution in [0, 0.1) is 0 Å². The van der Waals surface area contributed by atoms with E-state index in [1.807, 2.05) is 48.5 Å². The smallest absolute Gasteiger partial charge is 0.125 e. The monoisotopic (exact) mass is 627 g/mol. The molecular weight excluding hydrogens is 582 g/mol. The van der Waals surface area contributed by atoms with Crippen molar-refractivity contribution in [3.05, 3.63) is 131 Å². The zero-order valence-electron chi connectivity index (χ0n) is 27.0. The summed E-state index contributed by atoms with van der Waals surface area (Å²) in [7, 11) is 0. The van der Waals surface area contributed by atoms with Crippen LogP contribution in [0.25, 0.3) is 0 Å². The van der Waals surface area contributed by atoms with Crippen molar-refractivity contribution in [3.8, 4) is 0 Å². The molecule has 2 aliphatic heterocycles. The van der Waals surface area contributed by atoms with Crippen LogP contribution < -0.4 is 16.9 Å². The lowest BCUT2D eigenvalue weighted by Gasteiger charge is -2.30. The maximum Gasteiger partial charge on any atom is 0.125 e. The first-order valence-corrected chi connectivity index (χ1v) is 16.6. The summed E-state index contributed by atoms with van der Waals surface area (Å²) in [6.45, 7) is 6.10. The average Bonchev–Trinajstić information content (AvgIpc) is 3.11. The van der Waals surface area contributed by atoms with Crippen LogP contribution in [0.2, 0.25) is 0 Å². The molecule has 2 saturated heterocycles. The highest BCUT2D eigenvalue weighted by Gasteiger charge is 2.20. The van der Waals surface area contributed by atoms with E-state index < -0.39 is 0 Å². The van der Waals surface area contributed by atoms with Crippen molar-refractivity contribution in [3.63, 3.8) is 0 Å². The molecule has 0 unspecified atom stereocenters. The van der Waals surface area contributed by atoms with Gasteiger partial charge in [0.15, 0.2) is 0 Å². The van der Waals surface area contributed by atoms with Gasteiger partial charge in [0, 0.05) is 50.4 Å². The number of piperidine rings is 2. The lowest BCUT2D eigenvalue weighted by atomic mass is 10.0. The fraction of sp³-hybridized carbons (Fsp3) is 0.316. The molecule has 2 heterocycles. The zero-order valence-corrected chi connectivity index (χ0v) is 27.0. The van der Waals surface area contributed by atoms with Crippen LogP contribution in [0.4, 0.5) is 11.4 Å². The molecule has 0 atom stereocenters. The van der Waals surface area contributed by atoms with Crippen LogP contribution in [-0.2, 0) is 13.1 Å². The Balaban J connectivity index is 0.930. The molecule has 5 N–H and O–H groups in total. The maximum atomic E-state index is 6.38. The van der Waals surface area contributed by atoms with E-state index in [1.165, 1.54) is 11.1 Å². The molecule has 4 aromatic carbocycles. The van der Waals surface area contributed by atoms with Gasteiger partial charge in [0.05, 0.1) is 23.5 Å². The molecule has 9 heteroatoms. The Morgan fingerprint density at radius 3 is 1.45 bits per heavy atom. The summed E-state index contributed by atoms with van der Waals surface area (Å²) in [4.78, 5) is 14.6. The summed E-state index contributed by atoms with van der Waals surface area (Å²) in [5, 5.41) is 8.47. The van der Waals surface area contributed by atoms with E-state index >= 15 is 0 Å². The molecule has 47 heavy (non-hydrogen) atoms. The van der Waals surface area contributed by atoms with E-state index in [-0.39, 0.29) is 12.1 Å². The van der Waals surface area contributed by atoms with Gasteiger partial charge in [0.25, 0.3) is 0 Å². The number of anilines is 1. The predicted molar refractivity (Wildman–Crippen MR) is 192 cm³/mol. The van der Waals surface area contributed by atoms with Crippen LogP contribution in [0.1, 0.15) is 47.9 Å². The first-order chi connectivity index (χ1) is 23.1. The van der Waals surface area contributed by atoms with E-state index in [0.717, 1.165) is 87.5 Å². The number of nitrogens with zero attached hydrogens (tertiary/aromatic N) is 6. The van der Waals surface area contributed by atoms with Gasteiger partial charge < -0.3 is 11.5 Å². The van der Waals surface area contributed by atoms with Crippen LogP contribution in [-0.4, -0.2) is 59.7 Å². The third-order valence-corrected chi connectivity index (χ3v) is 8.94. The second-order valence-electron chi connectivity index (χ2n) is 12.5. The summed E-state index contributed by atoms with van der Waals surface area (Å²) < 4.78 is 0. The van der Waals surface area contributed by atoms with Crippen molar-refractivity contribution in [2.75, 3.05) is 31.6 Å². The Kier molecular flexibility index (Phi) is 11.0. The third-order valence-electron chi connectivity index (χ3n) is 8.94. The molecule has 0 spiro atoms. The molecule has 242 valence electrons. The van der Waals surface area contributed by atoms with E-state index in [0.29, 0.717) is 11.7 Å². The zero-order chi connectivity index (χ0) is 32.3. The highest BCUT2D eigenvalue weighted by molar-refractivity contribution is 5.98. The minimum Gasteiger partial charge on any atom is -0.383 e. The van der Waals surface area contributed by atoms with Gasteiger partial charge in [-0.25, -0.2) is 0 Å². The normalized spacial score (nSPS) is 17.7. The predicted octanol–water partition coefficient (Wildman–Crippen LogP) is 6.54. The number of nitrogens with one attached hydrogen (secondary N) is 1. The number of hydrogen-bond donors (Lipinski definition) is 3. The van der Waals surface area contributed by atoms with Gasteiger partial charge in [-0.2, -0.15) is 0 Å². The first kappa shape index (κ1) is 32.1. The molecule has 0 radical (unpaired) electrons. The van der Waals surface area contributed by atoms with E-state index in [2.05, 4.69) is 86.2 Å². The molecule has 2 fully saturated rings. The van der Waals surface area contributed by atoms with E-state index in [1.54, 1.807) is 0 Å². The van der Waals surface area contributed by atoms with Crippen molar-refractivity contribution in [2.45, 2.75) is 50.9 Å². The molecule has 0 amide bonds. The number of likely N-dealkylation sites (tertiary alicyclic amines) is 2. The Hall–Kier alpha value is -4.86. The highest BCUT2D eigenvalue weighted by Crippen LogP contribution is 2.20. The van der Waals surface area contributed by atoms with Gasteiger partial charge in [-0.1, -0.05) is 65.9 Å². The molecule has 0 saturated carbocycles. The number of amidine groups is 2. The van der Waals surface area contributed by atoms with Crippen molar-refractivity contribution < 1.29 is 0 Å². The second-order valence-corrected chi connectivity index (χ2v) is 12.5. The number of hydrogen-bond acceptors (Lipinski definition) is 6. The highest BCUT2D eigenvalue weighted by atomic mass is 15.4. The Morgan fingerprint density at radius 2 is 1.00 bits per heavy atom. The van der Waals surface area contributed by atoms with E-state index in [4.69, 9.17) is 21.5 Å². The number of nitrogens with two attached hydrogens (primary N) is 2. The lowest BCUT2D eigenvalue weighted by Crippen LogP contribution is -2.35. The minimum absolute atomic E-state index is 0.252. The van der Waals surface area contributed by atoms with Crippen LogP contribution in [0.15, 0.2) is 130 Å². The van der Waals surface area contributed by atoms with Crippen LogP contribution in [0.3, 0.4) is 0 Å². The third kappa shape index (κ3) is 9.57. The fourth-order valence-electron chi connectivity index (χ4n) is 6.19. The Morgan fingerprint density at radius 1 is 0.574 bits per heavy atom. The Bertz CT molecular complexity index is 1620. The molecule has 6 rings (SSSR count). The van der Waals surface area contributed by atoms with Gasteiger partial charge in [-0.3, -0.25) is 25.2 Å². The average molecular weight is 628 g/mol. The van der Waals surface area contributed by atoms with Gasteiger partial charge in [0.1, 0.15) is 11.7 Å². The van der Waals surface area contributed by atoms with Gasteiger partial charge in [-0.05, 0) is 85.3 Å². The Labute approximate surface area is 278 Å². The van der Waals surface area contributed by atoms with Gasteiger partial charge in [-0.15, -0.1) is 5.11 Å². The first-order valence-electron chi connectivity index (χ1n) is 16.6. The number of rotatable bonds is 11. The largest absolute Gasteiger partial charge is 0.383 e. The SMILES string of the molecule is NC(=NC1CCN(Cc2ccccc2)CC1)c1ccc(N=NNc2ccc(C(N)=NC3CCN(Cc4ccccc4)CC3)cc2)cc1. The minimum atomic E-state index is 0.252. The molecule has 4 aromatic rings. The van der Waals surface area contributed by atoms with Crippen molar-refractivity contribution in [2.24, 2.45) is 31.8 Å². The van der Waals surface area contributed by atoms with Crippen molar-refractivity contribution in [1.29, 1.82) is 0 Å².